The van der Waals surface area contributed by atoms with E-state index in [1.165, 1.54) is 6.07 Å². The van der Waals surface area contributed by atoms with E-state index < -0.39 is 0 Å². The zero-order valence-corrected chi connectivity index (χ0v) is 12.9. The fourth-order valence-electron chi connectivity index (χ4n) is 2.11. The van der Waals surface area contributed by atoms with E-state index in [1.54, 1.807) is 16.9 Å². The van der Waals surface area contributed by atoms with Gasteiger partial charge in [-0.2, -0.15) is 0 Å². The molecule has 1 aromatic carbocycles. The molecular formula is C14H13BrN4O2. The average Bonchev–Trinajstić information content (AvgIpc) is 2.86. The minimum absolute atomic E-state index is 0.174. The van der Waals surface area contributed by atoms with Gasteiger partial charge in [0.25, 0.3) is 0 Å². The minimum atomic E-state index is -0.386. The number of rotatable bonds is 3. The Labute approximate surface area is 128 Å². The van der Waals surface area contributed by atoms with Gasteiger partial charge >= 0.3 is 5.63 Å². The van der Waals surface area contributed by atoms with Crippen molar-refractivity contribution in [1.82, 2.24) is 15.0 Å². The quantitative estimate of drug-likeness (QED) is 0.733. The summed E-state index contributed by atoms with van der Waals surface area (Å²) in [5, 5.41) is 8.91. The SMILES string of the molecule is CC(N)c1cn(Cc2cc(=O)oc3cc(Br)ccc23)nn1. The van der Waals surface area contributed by atoms with Crippen LogP contribution in [0.25, 0.3) is 11.0 Å². The van der Waals surface area contributed by atoms with Crippen LogP contribution in [0.5, 0.6) is 0 Å². The highest BCUT2D eigenvalue weighted by Crippen LogP contribution is 2.22. The summed E-state index contributed by atoms with van der Waals surface area (Å²) in [6, 6.07) is 6.88. The highest BCUT2D eigenvalue weighted by atomic mass is 79.9. The Bertz CT molecular complexity index is 854. The Morgan fingerprint density at radius 3 is 2.95 bits per heavy atom. The third-order valence-electron chi connectivity index (χ3n) is 3.15. The van der Waals surface area contributed by atoms with Gasteiger partial charge in [0.05, 0.1) is 18.4 Å². The molecule has 2 N–H and O–H groups in total. The predicted molar refractivity (Wildman–Crippen MR) is 81.9 cm³/mol. The first-order chi connectivity index (χ1) is 10.0. The van der Waals surface area contributed by atoms with E-state index in [0.29, 0.717) is 17.8 Å². The molecule has 21 heavy (non-hydrogen) atoms. The molecule has 7 heteroatoms. The molecule has 1 unspecified atom stereocenters. The molecule has 0 spiro atoms. The molecule has 108 valence electrons. The summed E-state index contributed by atoms with van der Waals surface area (Å²) < 4.78 is 7.73. The molecule has 0 aliphatic carbocycles. The summed E-state index contributed by atoms with van der Waals surface area (Å²) >= 11 is 3.36. The fourth-order valence-corrected chi connectivity index (χ4v) is 2.45. The molecule has 0 radical (unpaired) electrons. The van der Waals surface area contributed by atoms with Crippen molar-refractivity contribution in [2.75, 3.05) is 0 Å². The highest BCUT2D eigenvalue weighted by Gasteiger charge is 2.09. The Balaban J connectivity index is 2.05. The Kier molecular flexibility index (Phi) is 3.60. The van der Waals surface area contributed by atoms with Crippen LogP contribution < -0.4 is 11.4 Å². The van der Waals surface area contributed by atoms with Crippen LogP contribution in [0.3, 0.4) is 0 Å². The maximum atomic E-state index is 11.7. The van der Waals surface area contributed by atoms with Crippen molar-refractivity contribution in [3.05, 3.63) is 56.6 Å². The molecule has 0 saturated heterocycles. The summed E-state index contributed by atoms with van der Waals surface area (Å²) in [5.41, 5.74) is 7.46. The monoisotopic (exact) mass is 348 g/mol. The van der Waals surface area contributed by atoms with Gasteiger partial charge in [0.15, 0.2) is 0 Å². The van der Waals surface area contributed by atoms with Crippen LogP contribution in [0.4, 0.5) is 0 Å². The van der Waals surface area contributed by atoms with E-state index >= 15 is 0 Å². The van der Waals surface area contributed by atoms with Gasteiger partial charge in [-0.05, 0) is 30.7 Å². The van der Waals surface area contributed by atoms with Gasteiger partial charge < -0.3 is 10.2 Å². The van der Waals surface area contributed by atoms with Crippen molar-refractivity contribution in [3.8, 4) is 0 Å². The predicted octanol–water partition coefficient (Wildman–Crippen LogP) is 2.21. The lowest BCUT2D eigenvalue weighted by Gasteiger charge is -2.05. The van der Waals surface area contributed by atoms with Gasteiger partial charge in [0.1, 0.15) is 5.58 Å². The first kappa shape index (κ1) is 14.0. The third kappa shape index (κ3) is 2.88. The van der Waals surface area contributed by atoms with Crippen molar-refractivity contribution in [2.24, 2.45) is 5.73 Å². The summed E-state index contributed by atoms with van der Waals surface area (Å²) in [5.74, 6) is 0. The lowest BCUT2D eigenvalue weighted by Crippen LogP contribution is -2.07. The first-order valence-corrected chi connectivity index (χ1v) is 7.20. The van der Waals surface area contributed by atoms with E-state index in [4.69, 9.17) is 10.2 Å². The topological polar surface area (TPSA) is 86.9 Å². The van der Waals surface area contributed by atoms with Crippen LogP contribution in [0.15, 0.2) is 44.1 Å². The van der Waals surface area contributed by atoms with E-state index in [9.17, 15) is 4.79 Å². The highest BCUT2D eigenvalue weighted by molar-refractivity contribution is 9.10. The van der Waals surface area contributed by atoms with Crippen LogP contribution in [0, 0.1) is 0 Å². The normalized spacial score (nSPS) is 12.7. The molecule has 0 aliphatic heterocycles. The zero-order chi connectivity index (χ0) is 15.0. The fraction of sp³-hybridized carbons (Fsp3) is 0.214. The van der Waals surface area contributed by atoms with E-state index in [-0.39, 0.29) is 11.7 Å². The lowest BCUT2D eigenvalue weighted by atomic mass is 10.1. The Morgan fingerprint density at radius 1 is 1.43 bits per heavy atom. The van der Waals surface area contributed by atoms with Gasteiger partial charge in [0.2, 0.25) is 0 Å². The lowest BCUT2D eigenvalue weighted by molar-refractivity contribution is 0.555. The standard InChI is InChI=1S/C14H13BrN4O2/c1-8(16)12-7-19(18-17-12)6-9-4-14(20)21-13-5-10(15)2-3-11(9)13/h2-5,7-8H,6,16H2,1H3. The Hall–Kier alpha value is -1.99. The van der Waals surface area contributed by atoms with Gasteiger partial charge in [-0.1, -0.05) is 21.1 Å². The van der Waals surface area contributed by atoms with Crippen molar-refractivity contribution in [2.45, 2.75) is 19.5 Å². The van der Waals surface area contributed by atoms with Crippen molar-refractivity contribution in [1.29, 1.82) is 0 Å². The number of nitrogens with zero attached hydrogens (tertiary/aromatic N) is 3. The van der Waals surface area contributed by atoms with E-state index in [2.05, 4.69) is 26.2 Å². The molecule has 3 rings (SSSR count). The van der Waals surface area contributed by atoms with Crippen molar-refractivity contribution in [3.63, 3.8) is 0 Å². The number of benzene rings is 1. The van der Waals surface area contributed by atoms with Crippen molar-refractivity contribution >= 4 is 26.9 Å². The number of halogens is 1. The largest absolute Gasteiger partial charge is 0.423 e. The smallest absolute Gasteiger partial charge is 0.336 e. The van der Waals surface area contributed by atoms with Crippen LogP contribution in [-0.4, -0.2) is 15.0 Å². The van der Waals surface area contributed by atoms with Crippen LogP contribution in [-0.2, 0) is 6.54 Å². The average molecular weight is 349 g/mol. The number of nitrogens with two attached hydrogens (primary N) is 1. The molecule has 3 aromatic rings. The molecule has 2 heterocycles. The summed E-state index contributed by atoms with van der Waals surface area (Å²) in [6.45, 7) is 2.28. The maximum absolute atomic E-state index is 11.7. The number of fused-ring (bicyclic) bond motifs is 1. The van der Waals surface area contributed by atoms with Gasteiger partial charge in [-0.3, -0.25) is 0 Å². The third-order valence-corrected chi connectivity index (χ3v) is 3.64. The summed E-state index contributed by atoms with van der Waals surface area (Å²) in [4.78, 5) is 11.7. The van der Waals surface area contributed by atoms with Crippen LogP contribution in [0.2, 0.25) is 0 Å². The second-order valence-corrected chi connectivity index (χ2v) is 5.78. The molecule has 0 bridgehead atoms. The molecule has 6 nitrogen and oxygen atoms in total. The molecule has 0 saturated carbocycles. The minimum Gasteiger partial charge on any atom is -0.423 e. The second-order valence-electron chi connectivity index (χ2n) is 4.86. The van der Waals surface area contributed by atoms with Crippen molar-refractivity contribution < 1.29 is 4.42 Å². The van der Waals surface area contributed by atoms with Crippen LogP contribution in [0.1, 0.15) is 24.2 Å². The number of aromatic nitrogens is 3. The molecule has 0 aliphatic rings. The maximum Gasteiger partial charge on any atom is 0.336 e. The molecule has 2 aromatic heterocycles. The van der Waals surface area contributed by atoms with E-state index in [1.807, 2.05) is 19.1 Å². The van der Waals surface area contributed by atoms with Gasteiger partial charge in [-0.25, -0.2) is 9.48 Å². The summed E-state index contributed by atoms with van der Waals surface area (Å²) in [7, 11) is 0. The van der Waals surface area contributed by atoms with Gasteiger partial charge in [0, 0.05) is 22.0 Å². The first-order valence-electron chi connectivity index (χ1n) is 6.41. The zero-order valence-electron chi connectivity index (χ0n) is 11.3. The molecular weight excluding hydrogens is 336 g/mol. The van der Waals surface area contributed by atoms with E-state index in [0.717, 1.165) is 15.4 Å². The molecule has 1 atom stereocenters. The molecule has 0 amide bonds. The molecule has 0 fully saturated rings. The number of hydrogen-bond acceptors (Lipinski definition) is 5. The van der Waals surface area contributed by atoms with Crippen LogP contribution >= 0.6 is 15.9 Å². The summed E-state index contributed by atoms with van der Waals surface area (Å²) in [6.07, 6.45) is 1.78. The van der Waals surface area contributed by atoms with Gasteiger partial charge in [-0.15, -0.1) is 5.10 Å². The Morgan fingerprint density at radius 2 is 2.24 bits per heavy atom. The number of hydrogen-bond donors (Lipinski definition) is 1. The second kappa shape index (κ2) is 5.42.